The van der Waals surface area contributed by atoms with Crippen molar-refractivity contribution in [1.29, 1.82) is 0 Å². The van der Waals surface area contributed by atoms with E-state index in [2.05, 4.69) is 15.9 Å². The Hall–Kier alpha value is -1.07. The van der Waals surface area contributed by atoms with Gasteiger partial charge in [0.25, 0.3) is 0 Å². The third-order valence-electron chi connectivity index (χ3n) is 2.32. The molecule has 0 aromatic heterocycles. The zero-order valence-electron chi connectivity index (χ0n) is 8.17. The minimum Gasteiger partial charge on any atom is -0.454 e. The molecule has 5 heteroatoms. The molecule has 1 aliphatic rings. The van der Waals surface area contributed by atoms with Crippen molar-refractivity contribution in [2.45, 2.75) is 6.92 Å². The molecule has 0 spiro atoms. The monoisotopic (exact) mass is 271 g/mol. The minimum absolute atomic E-state index is 0.0346. The summed E-state index contributed by atoms with van der Waals surface area (Å²) in [5.41, 5.74) is 6.70. The van der Waals surface area contributed by atoms with Crippen molar-refractivity contribution in [1.82, 2.24) is 0 Å². The van der Waals surface area contributed by atoms with Crippen LogP contribution in [0, 0.1) is 6.92 Å². The maximum absolute atomic E-state index is 11.7. The summed E-state index contributed by atoms with van der Waals surface area (Å²) in [6, 6.07) is 1.80. The molecule has 1 aromatic carbocycles. The summed E-state index contributed by atoms with van der Waals surface area (Å²) < 4.78 is 11.3. The van der Waals surface area contributed by atoms with Crippen LogP contribution in [0.2, 0.25) is 0 Å². The smallest absolute Gasteiger partial charge is 0.231 e. The summed E-state index contributed by atoms with van der Waals surface area (Å²) in [7, 11) is 0. The van der Waals surface area contributed by atoms with E-state index in [9.17, 15) is 4.79 Å². The van der Waals surface area contributed by atoms with Gasteiger partial charge >= 0.3 is 0 Å². The van der Waals surface area contributed by atoms with Crippen molar-refractivity contribution < 1.29 is 14.3 Å². The van der Waals surface area contributed by atoms with Crippen LogP contribution in [0.3, 0.4) is 0 Å². The molecule has 1 heterocycles. The van der Waals surface area contributed by atoms with E-state index in [-0.39, 0.29) is 19.1 Å². The van der Waals surface area contributed by atoms with Gasteiger partial charge in [0.1, 0.15) is 0 Å². The maximum Gasteiger partial charge on any atom is 0.231 e. The zero-order valence-corrected chi connectivity index (χ0v) is 9.76. The fourth-order valence-electron chi connectivity index (χ4n) is 1.54. The lowest BCUT2D eigenvalue weighted by Crippen LogP contribution is -2.15. The zero-order chi connectivity index (χ0) is 11.0. The summed E-state index contributed by atoms with van der Waals surface area (Å²) in [6.45, 7) is 1.96. The first-order valence-electron chi connectivity index (χ1n) is 4.47. The van der Waals surface area contributed by atoms with Crippen LogP contribution in [-0.4, -0.2) is 19.1 Å². The van der Waals surface area contributed by atoms with E-state index in [0.717, 1.165) is 10.0 Å². The Morgan fingerprint density at radius 2 is 2.33 bits per heavy atom. The van der Waals surface area contributed by atoms with Crippen LogP contribution < -0.4 is 15.2 Å². The van der Waals surface area contributed by atoms with E-state index in [4.69, 9.17) is 15.2 Å². The number of carbonyl (C=O) groups excluding carboxylic acids is 1. The third-order valence-corrected chi connectivity index (χ3v) is 3.15. The predicted octanol–water partition coefficient (Wildman–Crippen LogP) is 1.63. The van der Waals surface area contributed by atoms with Crippen molar-refractivity contribution in [3.8, 4) is 11.5 Å². The van der Waals surface area contributed by atoms with E-state index < -0.39 is 0 Å². The lowest BCUT2D eigenvalue weighted by Gasteiger charge is -2.09. The van der Waals surface area contributed by atoms with Crippen LogP contribution in [0.25, 0.3) is 0 Å². The van der Waals surface area contributed by atoms with Gasteiger partial charge in [0.05, 0.1) is 12.1 Å². The van der Waals surface area contributed by atoms with Gasteiger partial charge in [-0.1, -0.05) is 15.9 Å². The molecule has 0 atom stereocenters. The number of hydrogen-bond acceptors (Lipinski definition) is 4. The van der Waals surface area contributed by atoms with Crippen LogP contribution >= 0.6 is 15.9 Å². The predicted molar refractivity (Wildman–Crippen MR) is 58.4 cm³/mol. The topological polar surface area (TPSA) is 61.6 Å². The molecule has 15 heavy (non-hydrogen) atoms. The molecule has 0 bridgehead atoms. The first kappa shape index (κ1) is 10.4. The number of fused-ring (bicyclic) bond motifs is 1. The molecule has 0 saturated heterocycles. The van der Waals surface area contributed by atoms with Crippen molar-refractivity contribution >= 4 is 21.7 Å². The molecule has 0 aliphatic carbocycles. The van der Waals surface area contributed by atoms with E-state index in [0.29, 0.717) is 17.1 Å². The Morgan fingerprint density at radius 1 is 1.60 bits per heavy atom. The Morgan fingerprint density at radius 3 is 3.00 bits per heavy atom. The number of rotatable bonds is 2. The Balaban J connectivity index is 2.65. The first-order valence-corrected chi connectivity index (χ1v) is 5.26. The van der Waals surface area contributed by atoms with E-state index in [1.165, 1.54) is 0 Å². The van der Waals surface area contributed by atoms with Crippen LogP contribution in [0.15, 0.2) is 10.5 Å². The average molecular weight is 272 g/mol. The van der Waals surface area contributed by atoms with Gasteiger partial charge in [-0.3, -0.25) is 4.79 Å². The van der Waals surface area contributed by atoms with Crippen LogP contribution in [-0.2, 0) is 0 Å². The molecular formula is C10H10BrNO3. The highest BCUT2D eigenvalue weighted by atomic mass is 79.9. The molecule has 0 radical (unpaired) electrons. The fourth-order valence-corrected chi connectivity index (χ4v) is 1.95. The molecule has 0 amide bonds. The number of ketones is 1. The molecule has 2 rings (SSSR count). The molecule has 0 unspecified atom stereocenters. The number of Topliss-reactive ketones (excluding diaryl/α,β-unsaturated/α-hetero) is 1. The van der Waals surface area contributed by atoms with Crippen molar-refractivity contribution in [2.24, 2.45) is 5.73 Å². The van der Waals surface area contributed by atoms with Crippen molar-refractivity contribution in [3.05, 3.63) is 21.7 Å². The molecule has 1 aromatic rings. The Labute approximate surface area is 95.5 Å². The Kier molecular flexibility index (Phi) is 2.67. The second-order valence-electron chi connectivity index (χ2n) is 3.22. The van der Waals surface area contributed by atoms with Gasteiger partial charge in [0, 0.05) is 4.47 Å². The third kappa shape index (κ3) is 1.61. The number of hydrogen-bond donors (Lipinski definition) is 1. The second-order valence-corrected chi connectivity index (χ2v) is 4.07. The SMILES string of the molecule is Cc1c(Br)cc2c(c1C(=O)CN)OCO2. The quantitative estimate of drug-likeness (QED) is 0.831. The number of nitrogens with two attached hydrogens (primary N) is 1. The lowest BCUT2D eigenvalue weighted by atomic mass is 10.0. The molecule has 0 fully saturated rings. The summed E-state index contributed by atoms with van der Waals surface area (Å²) in [6.07, 6.45) is 0. The van der Waals surface area contributed by atoms with Crippen LogP contribution in [0.1, 0.15) is 15.9 Å². The highest BCUT2D eigenvalue weighted by Crippen LogP contribution is 2.41. The van der Waals surface area contributed by atoms with Gasteiger partial charge in [-0.25, -0.2) is 0 Å². The number of ether oxygens (including phenoxy) is 2. The van der Waals surface area contributed by atoms with E-state index in [1.807, 2.05) is 6.92 Å². The van der Waals surface area contributed by atoms with E-state index in [1.54, 1.807) is 6.07 Å². The van der Waals surface area contributed by atoms with Gasteiger partial charge in [0.15, 0.2) is 17.3 Å². The molecular weight excluding hydrogens is 262 g/mol. The normalized spacial score (nSPS) is 13.0. The van der Waals surface area contributed by atoms with Gasteiger partial charge in [-0.05, 0) is 18.6 Å². The van der Waals surface area contributed by atoms with Gasteiger partial charge < -0.3 is 15.2 Å². The van der Waals surface area contributed by atoms with E-state index >= 15 is 0 Å². The summed E-state index contributed by atoms with van der Waals surface area (Å²) in [5.74, 6) is 0.950. The molecule has 0 saturated carbocycles. The van der Waals surface area contributed by atoms with Gasteiger partial charge in [-0.2, -0.15) is 0 Å². The van der Waals surface area contributed by atoms with Gasteiger partial charge in [-0.15, -0.1) is 0 Å². The van der Waals surface area contributed by atoms with Crippen LogP contribution in [0.4, 0.5) is 0 Å². The first-order chi connectivity index (χ1) is 7.15. The van der Waals surface area contributed by atoms with Gasteiger partial charge in [0.2, 0.25) is 6.79 Å². The van der Waals surface area contributed by atoms with Crippen LogP contribution in [0.5, 0.6) is 11.5 Å². The molecule has 1 aliphatic heterocycles. The number of carbonyl (C=O) groups is 1. The highest BCUT2D eigenvalue weighted by molar-refractivity contribution is 9.10. The average Bonchev–Trinajstić information content (AvgIpc) is 2.66. The molecule has 4 nitrogen and oxygen atoms in total. The largest absolute Gasteiger partial charge is 0.454 e. The number of benzene rings is 1. The molecule has 2 N–H and O–H groups in total. The van der Waals surface area contributed by atoms with Crippen molar-refractivity contribution in [2.75, 3.05) is 13.3 Å². The summed E-state index contributed by atoms with van der Waals surface area (Å²) in [4.78, 5) is 11.7. The van der Waals surface area contributed by atoms with Crippen molar-refractivity contribution in [3.63, 3.8) is 0 Å². The Bertz CT molecular complexity index is 431. The summed E-state index contributed by atoms with van der Waals surface area (Å²) in [5, 5.41) is 0. The molecule has 80 valence electrons. The standard InChI is InChI=1S/C10H10BrNO3/c1-5-6(11)2-8-10(15-4-14-8)9(5)7(13)3-12/h2H,3-4,12H2,1H3. The summed E-state index contributed by atoms with van der Waals surface area (Å²) >= 11 is 3.37. The maximum atomic E-state index is 11.7. The highest BCUT2D eigenvalue weighted by Gasteiger charge is 2.25. The lowest BCUT2D eigenvalue weighted by molar-refractivity contribution is 0.0996. The minimum atomic E-state index is -0.143. The number of halogens is 1. The fraction of sp³-hybridized carbons (Fsp3) is 0.300. The second kappa shape index (κ2) is 3.83.